The lowest BCUT2D eigenvalue weighted by atomic mass is 9.92. The quantitative estimate of drug-likeness (QED) is 0.865. The summed E-state index contributed by atoms with van der Waals surface area (Å²) in [6.07, 6.45) is 3.42. The molecule has 2 aromatic rings. The van der Waals surface area contributed by atoms with E-state index in [0.717, 1.165) is 13.1 Å². The highest BCUT2D eigenvalue weighted by atomic mass is 15.0. The number of hydrogen-bond acceptors (Lipinski definition) is 1. The number of aromatic nitrogens is 1. The SMILES string of the molecule is CNCc1cccc2c1ccn2CCC(C)(C)C. The molecule has 0 saturated heterocycles. The van der Waals surface area contributed by atoms with Crippen molar-refractivity contribution in [1.29, 1.82) is 0 Å². The number of hydrogen-bond donors (Lipinski definition) is 1. The van der Waals surface area contributed by atoms with E-state index in [1.165, 1.54) is 22.9 Å². The molecule has 98 valence electrons. The van der Waals surface area contributed by atoms with E-state index in [-0.39, 0.29) is 0 Å². The van der Waals surface area contributed by atoms with Crippen LogP contribution >= 0.6 is 0 Å². The highest BCUT2D eigenvalue weighted by molar-refractivity contribution is 5.83. The molecule has 2 nitrogen and oxygen atoms in total. The number of aryl methyl sites for hydroxylation is 1. The molecule has 1 heterocycles. The summed E-state index contributed by atoms with van der Waals surface area (Å²) >= 11 is 0. The van der Waals surface area contributed by atoms with Crippen LogP contribution in [0.1, 0.15) is 32.8 Å². The lowest BCUT2D eigenvalue weighted by Crippen LogP contribution is -2.10. The van der Waals surface area contributed by atoms with Gasteiger partial charge in [-0.15, -0.1) is 0 Å². The highest BCUT2D eigenvalue weighted by Gasteiger charge is 2.11. The van der Waals surface area contributed by atoms with Crippen LogP contribution in [0.4, 0.5) is 0 Å². The summed E-state index contributed by atoms with van der Waals surface area (Å²) in [5.74, 6) is 0. The first-order chi connectivity index (χ1) is 8.51. The smallest absolute Gasteiger partial charge is 0.0483 e. The Balaban J connectivity index is 2.28. The summed E-state index contributed by atoms with van der Waals surface area (Å²) in [5.41, 5.74) is 3.12. The molecule has 0 amide bonds. The van der Waals surface area contributed by atoms with Crippen molar-refractivity contribution in [1.82, 2.24) is 9.88 Å². The fraction of sp³-hybridized carbons (Fsp3) is 0.500. The van der Waals surface area contributed by atoms with Crippen LogP contribution in [-0.4, -0.2) is 11.6 Å². The molecule has 0 aliphatic rings. The first kappa shape index (κ1) is 13.2. The largest absolute Gasteiger partial charge is 0.347 e. The van der Waals surface area contributed by atoms with Crippen LogP contribution in [0, 0.1) is 5.41 Å². The van der Waals surface area contributed by atoms with Crippen molar-refractivity contribution >= 4 is 10.9 Å². The molecule has 0 saturated carbocycles. The van der Waals surface area contributed by atoms with E-state index in [1.54, 1.807) is 0 Å². The van der Waals surface area contributed by atoms with E-state index in [2.05, 4.69) is 61.1 Å². The third kappa shape index (κ3) is 2.94. The molecule has 1 aromatic carbocycles. The van der Waals surface area contributed by atoms with Gasteiger partial charge >= 0.3 is 0 Å². The topological polar surface area (TPSA) is 17.0 Å². The van der Waals surface area contributed by atoms with Crippen LogP contribution in [0.3, 0.4) is 0 Å². The lowest BCUT2D eigenvalue weighted by molar-refractivity contribution is 0.353. The maximum Gasteiger partial charge on any atom is 0.0483 e. The number of fused-ring (bicyclic) bond motifs is 1. The van der Waals surface area contributed by atoms with Crippen LogP contribution in [0.2, 0.25) is 0 Å². The van der Waals surface area contributed by atoms with E-state index in [9.17, 15) is 0 Å². The van der Waals surface area contributed by atoms with E-state index >= 15 is 0 Å². The lowest BCUT2D eigenvalue weighted by Gasteiger charge is -2.18. The van der Waals surface area contributed by atoms with Crippen LogP contribution in [0.15, 0.2) is 30.5 Å². The molecule has 2 heteroatoms. The Morgan fingerprint density at radius 2 is 1.94 bits per heavy atom. The molecule has 1 aromatic heterocycles. The van der Waals surface area contributed by atoms with Crippen molar-refractivity contribution in [3.63, 3.8) is 0 Å². The summed E-state index contributed by atoms with van der Waals surface area (Å²) in [7, 11) is 2.00. The highest BCUT2D eigenvalue weighted by Crippen LogP contribution is 2.24. The Labute approximate surface area is 110 Å². The normalized spacial score (nSPS) is 12.2. The third-order valence-electron chi connectivity index (χ3n) is 3.37. The van der Waals surface area contributed by atoms with Crippen molar-refractivity contribution in [2.24, 2.45) is 5.41 Å². The second kappa shape index (κ2) is 5.15. The standard InChI is InChI=1S/C16H24N2/c1-16(2,3)9-11-18-10-8-14-13(12-17-4)6-5-7-15(14)18/h5-8,10,17H,9,11-12H2,1-4H3. The molecule has 2 rings (SSSR count). The molecule has 0 spiro atoms. The van der Waals surface area contributed by atoms with Crippen molar-refractivity contribution in [3.05, 3.63) is 36.0 Å². The van der Waals surface area contributed by atoms with Crippen LogP contribution < -0.4 is 5.32 Å². The average Bonchev–Trinajstić information content (AvgIpc) is 2.70. The molecular weight excluding hydrogens is 220 g/mol. The first-order valence-electron chi connectivity index (χ1n) is 6.72. The van der Waals surface area contributed by atoms with Gasteiger partial charge in [-0.2, -0.15) is 0 Å². The van der Waals surface area contributed by atoms with Crippen molar-refractivity contribution in [2.75, 3.05) is 7.05 Å². The second-order valence-electron chi connectivity index (χ2n) is 6.20. The zero-order chi connectivity index (χ0) is 13.2. The molecule has 0 fully saturated rings. The van der Waals surface area contributed by atoms with Gasteiger partial charge in [0.1, 0.15) is 0 Å². The molecule has 0 aliphatic carbocycles. The predicted octanol–water partition coefficient (Wildman–Crippen LogP) is 3.80. The molecule has 0 atom stereocenters. The van der Waals surface area contributed by atoms with Gasteiger partial charge < -0.3 is 9.88 Å². The molecule has 18 heavy (non-hydrogen) atoms. The Morgan fingerprint density at radius 1 is 1.17 bits per heavy atom. The first-order valence-corrected chi connectivity index (χ1v) is 6.72. The predicted molar refractivity (Wildman–Crippen MR) is 78.8 cm³/mol. The maximum absolute atomic E-state index is 3.23. The van der Waals surface area contributed by atoms with E-state index < -0.39 is 0 Å². The Morgan fingerprint density at radius 3 is 2.61 bits per heavy atom. The minimum absolute atomic E-state index is 0.388. The fourth-order valence-electron chi connectivity index (χ4n) is 2.28. The monoisotopic (exact) mass is 244 g/mol. The Hall–Kier alpha value is -1.28. The molecule has 0 unspecified atom stereocenters. The number of benzene rings is 1. The Kier molecular flexibility index (Phi) is 3.76. The fourth-order valence-corrected chi connectivity index (χ4v) is 2.28. The van der Waals surface area contributed by atoms with Crippen LogP contribution in [0.25, 0.3) is 10.9 Å². The van der Waals surface area contributed by atoms with Crippen molar-refractivity contribution in [2.45, 2.75) is 40.3 Å². The minimum atomic E-state index is 0.388. The average molecular weight is 244 g/mol. The summed E-state index contributed by atoms with van der Waals surface area (Å²) in [6, 6.07) is 8.82. The summed E-state index contributed by atoms with van der Waals surface area (Å²) in [5, 5.41) is 4.61. The minimum Gasteiger partial charge on any atom is -0.347 e. The van der Waals surface area contributed by atoms with Gasteiger partial charge in [-0.3, -0.25) is 0 Å². The summed E-state index contributed by atoms with van der Waals surface area (Å²) in [4.78, 5) is 0. The summed E-state index contributed by atoms with van der Waals surface area (Å²) in [6.45, 7) is 8.91. The van der Waals surface area contributed by atoms with Gasteiger partial charge in [-0.25, -0.2) is 0 Å². The maximum atomic E-state index is 3.23. The van der Waals surface area contributed by atoms with Crippen molar-refractivity contribution < 1.29 is 0 Å². The second-order valence-corrected chi connectivity index (χ2v) is 6.20. The molecule has 0 bridgehead atoms. The van der Waals surface area contributed by atoms with Gasteiger partial charge in [-0.1, -0.05) is 32.9 Å². The molecule has 0 radical (unpaired) electrons. The summed E-state index contributed by atoms with van der Waals surface area (Å²) < 4.78 is 2.37. The zero-order valence-corrected chi connectivity index (χ0v) is 12.0. The number of nitrogens with one attached hydrogen (secondary N) is 1. The van der Waals surface area contributed by atoms with E-state index in [1.807, 2.05) is 7.05 Å². The molecule has 1 N–H and O–H groups in total. The van der Waals surface area contributed by atoms with Crippen LogP contribution in [0.5, 0.6) is 0 Å². The van der Waals surface area contributed by atoms with E-state index in [0.29, 0.717) is 5.41 Å². The van der Waals surface area contributed by atoms with Gasteiger partial charge in [0.25, 0.3) is 0 Å². The number of rotatable bonds is 4. The van der Waals surface area contributed by atoms with E-state index in [4.69, 9.17) is 0 Å². The third-order valence-corrected chi connectivity index (χ3v) is 3.37. The van der Waals surface area contributed by atoms with Gasteiger partial charge in [0, 0.05) is 30.2 Å². The molecule has 0 aliphatic heterocycles. The van der Waals surface area contributed by atoms with Gasteiger partial charge in [0.05, 0.1) is 0 Å². The van der Waals surface area contributed by atoms with Crippen molar-refractivity contribution in [3.8, 4) is 0 Å². The Bertz CT molecular complexity index is 517. The van der Waals surface area contributed by atoms with Gasteiger partial charge in [0.15, 0.2) is 0 Å². The number of nitrogens with zero attached hydrogens (tertiary/aromatic N) is 1. The zero-order valence-electron chi connectivity index (χ0n) is 12.0. The van der Waals surface area contributed by atoms with Gasteiger partial charge in [-0.05, 0) is 36.6 Å². The van der Waals surface area contributed by atoms with Crippen LogP contribution in [-0.2, 0) is 13.1 Å². The van der Waals surface area contributed by atoms with Gasteiger partial charge in [0.2, 0.25) is 0 Å². The molecular formula is C16H24N2.